The minimum atomic E-state index is 0.320. The summed E-state index contributed by atoms with van der Waals surface area (Å²) in [5.74, 6) is 0.609. The molecule has 0 aromatic rings. The topological polar surface area (TPSA) is 39.7 Å². The van der Waals surface area contributed by atoms with Gasteiger partial charge >= 0.3 is 0 Å². The lowest BCUT2D eigenvalue weighted by Gasteiger charge is -2.26. The third kappa shape index (κ3) is 4.50. The van der Waals surface area contributed by atoms with Gasteiger partial charge in [-0.3, -0.25) is 0 Å². The Morgan fingerprint density at radius 2 is 2.22 bits per heavy atom. The molecule has 18 heavy (non-hydrogen) atoms. The van der Waals surface area contributed by atoms with Gasteiger partial charge in [-0.2, -0.15) is 0 Å². The molecule has 2 aliphatic rings. The van der Waals surface area contributed by atoms with Crippen LogP contribution >= 0.6 is 0 Å². The van der Waals surface area contributed by atoms with Crippen LogP contribution in [0.4, 0.5) is 0 Å². The molecule has 0 spiro atoms. The first-order valence-corrected chi connectivity index (χ1v) is 7.40. The van der Waals surface area contributed by atoms with Crippen molar-refractivity contribution in [2.24, 2.45) is 5.92 Å². The molecule has 4 nitrogen and oxygen atoms in total. The summed E-state index contributed by atoms with van der Waals surface area (Å²) >= 11 is 0. The molecule has 3 unspecified atom stereocenters. The minimum Gasteiger partial charge on any atom is -0.381 e. The van der Waals surface area contributed by atoms with E-state index < -0.39 is 0 Å². The quantitative estimate of drug-likeness (QED) is 0.752. The Balaban J connectivity index is 1.64. The molecule has 0 aromatic heterocycles. The van der Waals surface area contributed by atoms with Gasteiger partial charge in [-0.05, 0) is 32.2 Å². The summed E-state index contributed by atoms with van der Waals surface area (Å²) in [5.41, 5.74) is 0. The number of likely N-dealkylation sites (N-methyl/N-ethyl adjacent to an activating group) is 1. The highest BCUT2D eigenvalue weighted by molar-refractivity contribution is 4.79. The van der Waals surface area contributed by atoms with Crippen molar-refractivity contribution in [3.63, 3.8) is 0 Å². The molecule has 2 fully saturated rings. The van der Waals surface area contributed by atoms with E-state index in [2.05, 4.69) is 12.2 Å². The Labute approximate surface area is 110 Å². The summed E-state index contributed by atoms with van der Waals surface area (Å²) in [6.45, 7) is 7.34. The third-order valence-electron chi connectivity index (χ3n) is 3.88. The van der Waals surface area contributed by atoms with Gasteiger partial charge in [0.1, 0.15) is 0 Å². The summed E-state index contributed by atoms with van der Waals surface area (Å²) in [6.07, 6.45) is 5.11. The first kappa shape index (κ1) is 14.3. The highest BCUT2D eigenvalue weighted by atomic mass is 16.5. The highest BCUT2D eigenvalue weighted by Gasteiger charge is 2.25. The van der Waals surface area contributed by atoms with Crippen LogP contribution < -0.4 is 5.32 Å². The maximum Gasteiger partial charge on any atom is 0.0808 e. The number of rotatable bonds is 7. The molecule has 0 amide bonds. The summed E-state index contributed by atoms with van der Waals surface area (Å²) in [5, 5.41) is 3.52. The zero-order valence-corrected chi connectivity index (χ0v) is 11.5. The van der Waals surface area contributed by atoms with Crippen LogP contribution in [0, 0.1) is 5.92 Å². The standard InChI is InChI=1S/C14H27NO3/c1-2-15-14(12-6-8-16-9-12)11-17-10-13-5-3-4-7-18-13/h12-15H,2-11H2,1H3. The zero-order valence-electron chi connectivity index (χ0n) is 11.5. The van der Waals surface area contributed by atoms with Gasteiger partial charge in [-0.25, -0.2) is 0 Å². The SMILES string of the molecule is CCNC(COCC1CCCCO1)C1CCOC1. The third-order valence-corrected chi connectivity index (χ3v) is 3.88. The molecule has 2 rings (SSSR count). The van der Waals surface area contributed by atoms with E-state index in [1.807, 2.05) is 0 Å². The van der Waals surface area contributed by atoms with Gasteiger partial charge in [0.2, 0.25) is 0 Å². The van der Waals surface area contributed by atoms with E-state index in [0.717, 1.165) is 52.4 Å². The predicted octanol–water partition coefficient (Wildman–Crippen LogP) is 1.59. The normalized spacial score (nSPS) is 30.5. The molecule has 1 N–H and O–H groups in total. The molecule has 0 saturated carbocycles. The number of hydrogen-bond acceptors (Lipinski definition) is 4. The first-order valence-electron chi connectivity index (χ1n) is 7.40. The Kier molecular flexibility index (Phi) is 6.41. The predicted molar refractivity (Wildman–Crippen MR) is 70.8 cm³/mol. The van der Waals surface area contributed by atoms with Crippen molar-refractivity contribution in [2.75, 3.05) is 39.6 Å². The molecule has 2 heterocycles. The van der Waals surface area contributed by atoms with E-state index in [4.69, 9.17) is 14.2 Å². The molecule has 0 aromatic carbocycles. The van der Waals surface area contributed by atoms with Crippen molar-refractivity contribution in [1.29, 1.82) is 0 Å². The Hall–Kier alpha value is -0.160. The summed E-state index contributed by atoms with van der Waals surface area (Å²) < 4.78 is 17.0. The molecular weight excluding hydrogens is 230 g/mol. The van der Waals surface area contributed by atoms with Crippen molar-refractivity contribution >= 4 is 0 Å². The van der Waals surface area contributed by atoms with Crippen LogP contribution in [0.25, 0.3) is 0 Å². The summed E-state index contributed by atoms with van der Waals surface area (Å²) in [4.78, 5) is 0. The molecule has 0 bridgehead atoms. The smallest absolute Gasteiger partial charge is 0.0808 e. The molecule has 2 saturated heterocycles. The number of hydrogen-bond donors (Lipinski definition) is 1. The van der Waals surface area contributed by atoms with E-state index in [9.17, 15) is 0 Å². The first-order chi connectivity index (χ1) is 8.90. The van der Waals surface area contributed by atoms with E-state index in [1.165, 1.54) is 12.8 Å². The largest absolute Gasteiger partial charge is 0.381 e. The molecule has 2 aliphatic heterocycles. The van der Waals surface area contributed by atoms with Crippen molar-refractivity contribution in [3.8, 4) is 0 Å². The monoisotopic (exact) mass is 257 g/mol. The summed E-state index contributed by atoms with van der Waals surface area (Å²) in [7, 11) is 0. The average molecular weight is 257 g/mol. The maximum atomic E-state index is 5.86. The van der Waals surface area contributed by atoms with E-state index in [1.54, 1.807) is 0 Å². The van der Waals surface area contributed by atoms with Crippen LogP contribution in [-0.2, 0) is 14.2 Å². The van der Waals surface area contributed by atoms with Crippen molar-refractivity contribution in [1.82, 2.24) is 5.32 Å². The molecule has 106 valence electrons. The Bertz CT molecular complexity index is 213. The van der Waals surface area contributed by atoms with E-state index in [-0.39, 0.29) is 0 Å². The molecular formula is C14H27NO3. The van der Waals surface area contributed by atoms with Gasteiger partial charge < -0.3 is 19.5 Å². The Morgan fingerprint density at radius 1 is 1.28 bits per heavy atom. The fourth-order valence-corrected chi connectivity index (χ4v) is 2.76. The average Bonchev–Trinajstić information content (AvgIpc) is 2.93. The second-order valence-electron chi connectivity index (χ2n) is 5.31. The number of nitrogens with one attached hydrogen (secondary N) is 1. The zero-order chi connectivity index (χ0) is 12.6. The van der Waals surface area contributed by atoms with Gasteiger partial charge in [0.25, 0.3) is 0 Å². The maximum absolute atomic E-state index is 5.86. The van der Waals surface area contributed by atoms with Crippen molar-refractivity contribution in [3.05, 3.63) is 0 Å². The Morgan fingerprint density at radius 3 is 2.89 bits per heavy atom. The van der Waals surface area contributed by atoms with Crippen LogP contribution in [-0.4, -0.2) is 51.7 Å². The van der Waals surface area contributed by atoms with E-state index >= 15 is 0 Å². The van der Waals surface area contributed by atoms with Crippen LogP contribution in [0.15, 0.2) is 0 Å². The van der Waals surface area contributed by atoms with Crippen LogP contribution in [0.3, 0.4) is 0 Å². The van der Waals surface area contributed by atoms with Gasteiger partial charge in [-0.1, -0.05) is 6.92 Å². The van der Waals surface area contributed by atoms with Crippen molar-refractivity contribution < 1.29 is 14.2 Å². The fraction of sp³-hybridized carbons (Fsp3) is 1.00. The van der Waals surface area contributed by atoms with Crippen LogP contribution in [0.2, 0.25) is 0 Å². The molecule has 4 heteroatoms. The van der Waals surface area contributed by atoms with Gasteiger partial charge in [-0.15, -0.1) is 0 Å². The second-order valence-corrected chi connectivity index (χ2v) is 5.31. The lowest BCUT2D eigenvalue weighted by molar-refractivity contribution is -0.0466. The number of ether oxygens (including phenoxy) is 3. The minimum absolute atomic E-state index is 0.320. The summed E-state index contributed by atoms with van der Waals surface area (Å²) in [6, 6.07) is 0.432. The molecule has 3 atom stereocenters. The van der Waals surface area contributed by atoms with Crippen LogP contribution in [0.1, 0.15) is 32.6 Å². The van der Waals surface area contributed by atoms with Gasteiger partial charge in [0, 0.05) is 25.2 Å². The molecule has 0 radical (unpaired) electrons. The van der Waals surface area contributed by atoms with E-state index in [0.29, 0.717) is 18.1 Å². The highest BCUT2D eigenvalue weighted by Crippen LogP contribution is 2.18. The molecule has 0 aliphatic carbocycles. The van der Waals surface area contributed by atoms with Gasteiger partial charge in [0.15, 0.2) is 0 Å². The lowest BCUT2D eigenvalue weighted by atomic mass is 10.00. The lowest BCUT2D eigenvalue weighted by Crippen LogP contribution is -2.41. The fourth-order valence-electron chi connectivity index (χ4n) is 2.76. The van der Waals surface area contributed by atoms with Crippen molar-refractivity contribution in [2.45, 2.75) is 44.8 Å². The van der Waals surface area contributed by atoms with Crippen LogP contribution in [0.5, 0.6) is 0 Å². The second kappa shape index (κ2) is 8.10. The van der Waals surface area contributed by atoms with Gasteiger partial charge in [0.05, 0.1) is 25.9 Å².